The molecule has 2 N–H and O–H groups in total. The summed E-state index contributed by atoms with van der Waals surface area (Å²) < 4.78 is 0. The lowest BCUT2D eigenvalue weighted by atomic mass is 10.2. The van der Waals surface area contributed by atoms with Gasteiger partial charge in [-0.05, 0) is 37.3 Å². The first-order chi connectivity index (χ1) is 11.5. The summed E-state index contributed by atoms with van der Waals surface area (Å²) in [4.78, 5) is 18.5. The number of carbonyl (C=O) groups is 1. The lowest BCUT2D eigenvalue weighted by molar-refractivity contribution is 0.256. The predicted molar refractivity (Wildman–Crippen MR) is 99.4 cm³/mol. The Morgan fingerprint density at radius 3 is 2.54 bits per heavy atom. The second kappa shape index (κ2) is 7.11. The van der Waals surface area contributed by atoms with Gasteiger partial charge in [-0.1, -0.05) is 40.9 Å². The summed E-state index contributed by atoms with van der Waals surface area (Å²) in [7, 11) is 0. The first-order valence-corrected chi connectivity index (χ1v) is 8.20. The van der Waals surface area contributed by atoms with Crippen LogP contribution in [0.3, 0.4) is 0 Å². The number of hydrogen-bond acceptors (Lipinski definition) is 3. The summed E-state index contributed by atoms with van der Waals surface area (Å²) in [5.74, 6) is 0.524. The van der Waals surface area contributed by atoms with Gasteiger partial charge in [0, 0.05) is 17.9 Å². The Labute approximate surface area is 150 Å². The summed E-state index contributed by atoms with van der Waals surface area (Å²) >= 11 is 11.8. The molecule has 2 aromatic rings. The second-order valence-corrected chi connectivity index (χ2v) is 6.21. The molecule has 0 unspecified atom stereocenters. The van der Waals surface area contributed by atoms with Crippen molar-refractivity contribution in [2.45, 2.75) is 6.92 Å². The van der Waals surface area contributed by atoms with E-state index in [0.29, 0.717) is 28.2 Å². The Balaban J connectivity index is 1.66. The fraction of sp³-hybridized carbons (Fsp3) is 0.176. The van der Waals surface area contributed by atoms with Crippen molar-refractivity contribution in [3.63, 3.8) is 0 Å². The van der Waals surface area contributed by atoms with E-state index >= 15 is 0 Å². The number of anilines is 2. The highest BCUT2D eigenvalue weighted by Crippen LogP contribution is 2.25. The average molecular weight is 363 g/mol. The van der Waals surface area contributed by atoms with Crippen LogP contribution < -0.4 is 15.5 Å². The van der Waals surface area contributed by atoms with Crippen LogP contribution in [-0.4, -0.2) is 25.1 Å². The van der Waals surface area contributed by atoms with Crippen LogP contribution in [0.1, 0.15) is 5.56 Å². The maximum atomic E-state index is 12.2. The summed E-state index contributed by atoms with van der Waals surface area (Å²) in [6.45, 7) is 3.40. The van der Waals surface area contributed by atoms with E-state index in [1.54, 1.807) is 18.2 Å². The monoisotopic (exact) mass is 362 g/mol. The van der Waals surface area contributed by atoms with Gasteiger partial charge in [0.15, 0.2) is 0 Å². The van der Waals surface area contributed by atoms with E-state index < -0.39 is 0 Å². The van der Waals surface area contributed by atoms with Crippen LogP contribution in [0.5, 0.6) is 0 Å². The molecule has 0 fully saturated rings. The van der Waals surface area contributed by atoms with E-state index in [2.05, 4.69) is 15.6 Å². The number of aryl methyl sites for hydroxylation is 1. The molecule has 1 aliphatic heterocycles. The van der Waals surface area contributed by atoms with Gasteiger partial charge in [-0.15, -0.1) is 0 Å². The minimum atomic E-state index is -0.383. The van der Waals surface area contributed by atoms with E-state index in [-0.39, 0.29) is 6.03 Å². The molecule has 5 nitrogen and oxygen atoms in total. The number of nitrogens with one attached hydrogen (secondary N) is 2. The van der Waals surface area contributed by atoms with Gasteiger partial charge in [0.05, 0.1) is 16.6 Å². The quantitative estimate of drug-likeness (QED) is 0.836. The second-order valence-electron chi connectivity index (χ2n) is 5.40. The Morgan fingerprint density at radius 1 is 1.08 bits per heavy atom. The number of carbonyl (C=O) groups excluding carboxylic acids is 1. The standard InChI is InChI=1S/C17H16Cl2N4O/c1-11-2-5-13(6-3-11)23-9-8-20-16(23)22-17(24)21-12-4-7-14(18)15(19)10-12/h2-7,10H,8-9H2,1H3,(H2,20,21,22,24). The van der Waals surface area contributed by atoms with Crippen molar-refractivity contribution in [3.05, 3.63) is 58.1 Å². The predicted octanol–water partition coefficient (Wildman–Crippen LogP) is 4.30. The summed E-state index contributed by atoms with van der Waals surface area (Å²) in [5.41, 5.74) is 2.73. The first kappa shape index (κ1) is 16.6. The summed E-state index contributed by atoms with van der Waals surface area (Å²) in [6, 6.07) is 12.6. The number of benzene rings is 2. The zero-order valence-electron chi connectivity index (χ0n) is 13.0. The highest BCUT2D eigenvalue weighted by molar-refractivity contribution is 6.42. The lowest BCUT2D eigenvalue weighted by Gasteiger charge is -2.21. The van der Waals surface area contributed by atoms with Gasteiger partial charge in [0.25, 0.3) is 0 Å². The third-order valence-corrected chi connectivity index (χ3v) is 4.33. The van der Waals surface area contributed by atoms with Crippen molar-refractivity contribution in [2.75, 3.05) is 23.3 Å². The first-order valence-electron chi connectivity index (χ1n) is 7.44. The minimum absolute atomic E-state index is 0.383. The Hall–Kier alpha value is -2.24. The molecule has 2 amide bonds. The molecule has 2 aromatic carbocycles. The zero-order valence-corrected chi connectivity index (χ0v) is 14.5. The summed E-state index contributed by atoms with van der Waals surface area (Å²) in [6.07, 6.45) is 0. The highest BCUT2D eigenvalue weighted by Gasteiger charge is 2.20. The molecule has 0 saturated heterocycles. The topological polar surface area (TPSA) is 56.7 Å². The number of halogens is 2. The van der Waals surface area contributed by atoms with Gasteiger partial charge in [0.2, 0.25) is 5.96 Å². The van der Waals surface area contributed by atoms with Crippen LogP contribution in [0.2, 0.25) is 10.0 Å². The van der Waals surface area contributed by atoms with E-state index in [1.807, 2.05) is 36.1 Å². The van der Waals surface area contributed by atoms with Crippen LogP contribution >= 0.6 is 23.2 Å². The van der Waals surface area contributed by atoms with Crippen LogP contribution in [0.15, 0.2) is 47.5 Å². The maximum absolute atomic E-state index is 12.2. The van der Waals surface area contributed by atoms with E-state index in [1.165, 1.54) is 5.56 Å². The van der Waals surface area contributed by atoms with Gasteiger partial charge >= 0.3 is 6.03 Å². The van der Waals surface area contributed by atoms with Gasteiger partial charge in [-0.3, -0.25) is 10.3 Å². The van der Waals surface area contributed by atoms with Crippen molar-refractivity contribution in [3.8, 4) is 0 Å². The number of aliphatic imine (C=N–C) groups is 1. The molecule has 0 aliphatic carbocycles. The molecule has 3 rings (SSSR count). The molecule has 7 heteroatoms. The smallest absolute Gasteiger partial charge is 0.310 e. The molecule has 0 atom stereocenters. The SMILES string of the molecule is Cc1ccc(N2CCN=C2NC(=O)Nc2ccc(Cl)c(Cl)c2)cc1. The molecule has 0 spiro atoms. The zero-order chi connectivity index (χ0) is 17.1. The summed E-state index contributed by atoms with van der Waals surface area (Å²) in [5, 5.41) is 6.31. The number of nitrogens with zero attached hydrogens (tertiary/aromatic N) is 2. The van der Waals surface area contributed by atoms with Gasteiger partial charge < -0.3 is 10.2 Å². The van der Waals surface area contributed by atoms with E-state index in [9.17, 15) is 4.79 Å². The fourth-order valence-corrected chi connectivity index (χ4v) is 2.67. The average Bonchev–Trinajstić information content (AvgIpc) is 2.99. The lowest BCUT2D eigenvalue weighted by Crippen LogP contribution is -2.43. The van der Waals surface area contributed by atoms with Crippen molar-refractivity contribution in [2.24, 2.45) is 4.99 Å². The van der Waals surface area contributed by atoms with Gasteiger partial charge in [-0.2, -0.15) is 0 Å². The van der Waals surface area contributed by atoms with Crippen molar-refractivity contribution in [1.29, 1.82) is 0 Å². The highest BCUT2D eigenvalue weighted by atomic mass is 35.5. The van der Waals surface area contributed by atoms with Crippen LogP contribution in [-0.2, 0) is 0 Å². The van der Waals surface area contributed by atoms with Crippen molar-refractivity contribution in [1.82, 2.24) is 5.32 Å². The largest absolute Gasteiger partial charge is 0.326 e. The molecular formula is C17H16Cl2N4O. The molecule has 0 bridgehead atoms. The Kier molecular flexibility index (Phi) is 4.92. The normalized spacial score (nSPS) is 13.6. The number of hydrogen-bond donors (Lipinski definition) is 2. The van der Waals surface area contributed by atoms with E-state index in [0.717, 1.165) is 12.2 Å². The molecule has 0 radical (unpaired) electrons. The maximum Gasteiger partial charge on any atom is 0.326 e. The number of urea groups is 1. The number of rotatable bonds is 2. The molecule has 1 aliphatic rings. The molecule has 0 aromatic heterocycles. The van der Waals surface area contributed by atoms with Crippen LogP contribution in [0.25, 0.3) is 0 Å². The number of guanidine groups is 1. The van der Waals surface area contributed by atoms with Crippen LogP contribution in [0.4, 0.5) is 16.2 Å². The van der Waals surface area contributed by atoms with Crippen LogP contribution in [0, 0.1) is 6.92 Å². The molecule has 0 saturated carbocycles. The molecule has 124 valence electrons. The number of amides is 2. The molecular weight excluding hydrogens is 347 g/mol. The fourth-order valence-electron chi connectivity index (χ4n) is 2.37. The van der Waals surface area contributed by atoms with Gasteiger partial charge in [0.1, 0.15) is 0 Å². The van der Waals surface area contributed by atoms with Crippen molar-refractivity contribution < 1.29 is 4.79 Å². The third kappa shape index (κ3) is 3.80. The third-order valence-electron chi connectivity index (χ3n) is 3.59. The Morgan fingerprint density at radius 2 is 1.83 bits per heavy atom. The molecule has 1 heterocycles. The van der Waals surface area contributed by atoms with E-state index in [4.69, 9.17) is 23.2 Å². The van der Waals surface area contributed by atoms with Gasteiger partial charge in [-0.25, -0.2) is 4.79 Å². The minimum Gasteiger partial charge on any atom is -0.310 e. The Bertz CT molecular complexity index is 790. The molecule has 24 heavy (non-hydrogen) atoms. The van der Waals surface area contributed by atoms with Crippen molar-refractivity contribution >= 4 is 46.6 Å².